The van der Waals surface area contributed by atoms with Crippen molar-refractivity contribution >= 4 is 11.9 Å². The molecular formula is C11H14NNaO5. The molecule has 0 saturated carbocycles. The fourth-order valence-corrected chi connectivity index (χ4v) is 2.07. The summed E-state index contributed by atoms with van der Waals surface area (Å²) in [6.07, 6.45) is -0.699. The van der Waals surface area contributed by atoms with Crippen LogP contribution in [0.1, 0.15) is 20.8 Å². The maximum Gasteiger partial charge on any atom is 1.00 e. The first-order valence-electron chi connectivity index (χ1n) is 5.35. The number of β-lactam (4-membered cyclic amide) rings is 1. The van der Waals surface area contributed by atoms with Gasteiger partial charge < -0.3 is 19.7 Å². The summed E-state index contributed by atoms with van der Waals surface area (Å²) in [7, 11) is 0. The molecule has 1 amide bonds. The van der Waals surface area contributed by atoms with Crippen molar-refractivity contribution in [2.45, 2.75) is 27.0 Å². The molecule has 0 aromatic rings. The van der Waals surface area contributed by atoms with Crippen LogP contribution in [-0.4, -0.2) is 34.7 Å². The second-order valence-electron chi connectivity index (χ2n) is 5.22. The Labute approximate surface area is 127 Å². The number of amides is 1. The quantitative estimate of drug-likeness (QED) is 0.403. The van der Waals surface area contributed by atoms with Gasteiger partial charge in [0.1, 0.15) is 17.4 Å². The molecule has 1 fully saturated rings. The summed E-state index contributed by atoms with van der Waals surface area (Å²) in [5.41, 5.74) is -0.746. The number of ether oxygens (including phenoxy) is 1. The van der Waals surface area contributed by atoms with Gasteiger partial charge in [-0.1, -0.05) is 20.8 Å². The Bertz CT molecular complexity index is 426. The van der Waals surface area contributed by atoms with Crippen LogP contribution in [0, 0.1) is 11.3 Å². The summed E-state index contributed by atoms with van der Waals surface area (Å²) < 4.78 is 5.48. The van der Waals surface area contributed by atoms with Gasteiger partial charge in [0.05, 0.1) is 12.6 Å². The van der Waals surface area contributed by atoms with E-state index in [-0.39, 0.29) is 47.6 Å². The molecule has 1 saturated heterocycles. The number of aliphatic hydroxyl groups excluding tert-OH is 1. The smallest absolute Gasteiger partial charge is 0.543 e. The van der Waals surface area contributed by atoms with Gasteiger partial charge >= 0.3 is 29.6 Å². The molecule has 0 spiro atoms. The minimum Gasteiger partial charge on any atom is -0.543 e. The number of hydrogen-bond donors (Lipinski definition) is 1. The third kappa shape index (κ3) is 2.07. The second kappa shape index (κ2) is 4.85. The summed E-state index contributed by atoms with van der Waals surface area (Å²) in [6.45, 7) is 5.01. The van der Waals surface area contributed by atoms with E-state index in [0.29, 0.717) is 0 Å². The van der Waals surface area contributed by atoms with Crippen LogP contribution in [0.5, 0.6) is 0 Å². The average molecular weight is 263 g/mol. The maximum absolute atomic E-state index is 11.6. The van der Waals surface area contributed by atoms with Gasteiger partial charge in [-0.15, -0.1) is 0 Å². The second-order valence-corrected chi connectivity index (χ2v) is 5.22. The molecule has 2 aliphatic heterocycles. The van der Waals surface area contributed by atoms with Gasteiger partial charge in [0, 0.05) is 5.41 Å². The van der Waals surface area contributed by atoms with Crippen molar-refractivity contribution < 1.29 is 54.1 Å². The number of carbonyl (C=O) groups excluding carboxylic acids is 2. The Morgan fingerprint density at radius 3 is 2.44 bits per heavy atom. The van der Waals surface area contributed by atoms with Crippen LogP contribution in [0.3, 0.4) is 0 Å². The van der Waals surface area contributed by atoms with Gasteiger partial charge in [0.15, 0.2) is 6.23 Å². The van der Waals surface area contributed by atoms with Gasteiger partial charge in [-0.2, -0.15) is 0 Å². The molecule has 7 heteroatoms. The minimum atomic E-state index is -1.43. The predicted octanol–water partition coefficient (Wildman–Crippen LogP) is -4.19. The minimum absolute atomic E-state index is 0. The molecule has 2 aliphatic rings. The molecule has 94 valence electrons. The van der Waals surface area contributed by atoms with E-state index in [2.05, 4.69) is 0 Å². The fraction of sp³-hybridized carbons (Fsp3) is 0.636. The van der Waals surface area contributed by atoms with E-state index in [9.17, 15) is 14.7 Å². The number of hydrogen-bond acceptors (Lipinski definition) is 5. The number of aliphatic hydroxyl groups is 1. The van der Waals surface area contributed by atoms with Crippen LogP contribution >= 0.6 is 0 Å². The van der Waals surface area contributed by atoms with Crippen LogP contribution in [-0.2, 0) is 14.3 Å². The molecule has 2 rings (SSSR count). The third-order valence-electron chi connectivity index (χ3n) is 2.92. The van der Waals surface area contributed by atoms with Gasteiger partial charge in [-0.25, -0.2) is 0 Å². The van der Waals surface area contributed by atoms with Crippen LogP contribution in [0.2, 0.25) is 0 Å². The van der Waals surface area contributed by atoms with E-state index in [4.69, 9.17) is 9.84 Å². The molecule has 2 heterocycles. The zero-order valence-electron chi connectivity index (χ0n) is 10.9. The Kier molecular flexibility index (Phi) is 4.17. The summed E-state index contributed by atoms with van der Waals surface area (Å²) in [5.74, 6) is -2.31. The number of carbonyl (C=O) groups is 2. The first-order valence-corrected chi connectivity index (χ1v) is 5.35. The molecule has 1 N–H and O–H groups in total. The maximum atomic E-state index is 11.6. The predicted molar refractivity (Wildman–Crippen MR) is 53.8 cm³/mol. The van der Waals surface area contributed by atoms with Crippen molar-refractivity contribution in [1.29, 1.82) is 0 Å². The van der Waals surface area contributed by atoms with Crippen LogP contribution in [0.15, 0.2) is 11.5 Å². The Balaban J connectivity index is 0.00000162. The Morgan fingerprint density at radius 2 is 2.06 bits per heavy atom. The summed E-state index contributed by atoms with van der Waals surface area (Å²) in [6, 6.07) is 0. The zero-order chi connectivity index (χ0) is 13.0. The SMILES string of the molecule is CC(C)(C)C1=C(C(=O)[O-])N2C(=O)[C@H](CO)[C@H]2O1.[Na+]. The summed E-state index contributed by atoms with van der Waals surface area (Å²) >= 11 is 0. The van der Waals surface area contributed by atoms with Crippen molar-refractivity contribution in [3.8, 4) is 0 Å². The van der Waals surface area contributed by atoms with Crippen molar-refractivity contribution in [1.82, 2.24) is 4.90 Å². The van der Waals surface area contributed by atoms with E-state index >= 15 is 0 Å². The average Bonchev–Trinajstić information content (AvgIpc) is 2.53. The molecule has 0 aromatic carbocycles. The number of carboxylic acid groups (broad SMARTS) is 1. The van der Waals surface area contributed by atoms with Crippen molar-refractivity contribution in [2.24, 2.45) is 11.3 Å². The molecule has 6 nitrogen and oxygen atoms in total. The first kappa shape index (κ1) is 15.5. The van der Waals surface area contributed by atoms with E-state index < -0.39 is 29.4 Å². The molecule has 0 radical (unpaired) electrons. The Hall–Kier alpha value is -0.560. The van der Waals surface area contributed by atoms with Gasteiger partial charge in [-0.05, 0) is 0 Å². The third-order valence-corrected chi connectivity index (χ3v) is 2.92. The molecule has 0 aromatic heterocycles. The monoisotopic (exact) mass is 263 g/mol. The Morgan fingerprint density at radius 1 is 1.50 bits per heavy atom. The van der Waals surface area contributed by atoms with Crippen molar-refractivity contribution in [3.05, 3.63) is 11.5 Å². The fourth-order valence-electron chi connectivity index (χ4n) is 2.07. The molecule has 2 atom stereocenters. The number of aliphatic carboxylic acids is 1. The normalized spacial score (nSPS) is 26.2. The van der Waals surface area contributed by atoms with Crippen molar-refractivity contribution in [3.63, 3.8) is 0 Å². The molecule has 0 aliphatic carbocycles. The van der Waals surface area contributed by atoms with E-state index in [1.807, 2.05) is 0 Å². The van der Waals surface area contributed by atoms with Gasteiger partial charge in [0.2, 0.25) is 5.91 Å². The van der Waals surface area contributed by atoms with Crippen molar-refractivity contribution in [2.75, 3.05) is 6.61 Å². The molecule has 18 heavy (non-hydrogen) atoms. The number of rotatable bonds is 2. The van der Waals surface area contributed by atoms with Crippen LogP contribution in [0.4, 0.5) is 0 Å². The summed E-state index contributed by atoms with van der Waals surface area (Å²) in [5, 5.41) is 20.1. The molecule has 0 bridgehead atoms. The first-order chi connectivity index (χ1) is 7.79. The number of carboxylic acids is 1. The molecular weight excluding hydrogens is 249 g/mol. The van der Waals surface area contributed by atoms with Crippen LogP contribution in [0.25, 0.3) is 0 Å². The van der Waals surface area contributed by atoms with Gasteiger partial charge in [0.25, 0.3) is 0 Å². The van der Waals surface area contributed by atoms with E-state index in [0.717, 1.165) is 4.90 Å². The summed E-state index contributed by atoms with van der Waals surface area (Å²) in [4.78, 5) is 23.8. The van der Waals surface area contributed by atoms with E-state index in [1.54, 1.807) is 20.8 Å². The van der Waals surface area contributed by atoms with Crippen LogP contribution < -0.4 is 34.7 Å². The van der Waals surface area contributed by atoms with Gasteiger partial charge in [-0.3, -0.25) is 9.69 Å². The number of nitrogens with zero attached hydrogens (tertiary/aromatic N) is 1. The number of allylic oxidation sites excluding steroid dienone is 1. The largest absolute Gasteiger partial charge is 1.00 e. The topological polar surface area (TPSA) is 89.9 Å². The van der Waals surface area contributed by atoms with E-state index in [1.165, 1.54) is 0 Å². The molecule has 0 unspecified atom stereocenters. The number of fused-ring (bicyclic) bond motifs is 1. The zero-order valence-corrected chi connectivity index (χ0v) is 12.9. The standard InChI is InChI=1S/C11H15NO5.Na/c1-11(2,3)7-6(10(15)16)12-8(14)5(4-13)9(12)17-7;/h5,9,13H,4H2,1-3H3,(H,15,16);/q;+1/p-1/t5-,9+;/m0./s1.